The van der Waals surface area contributed by atoms with Gasteiger partial charge in [0.25, 0.3) is 15.9 Å². The molecule has 10 heteroatoms. The lowest BCUT2D eigenvalue weighted by Crippen LogP contribution is -2.16. The highest BCUT2D eigenvalue weighted by Crippen LogP contribution is 2.26. The molecule has 33 heavy (non-hydrogen) atoms. The number of amides is 1. The Bertz CT molecular complexity index is 1390. The molecule has 0 fully saturated rings. The molecule has 1 amide bonds. The highest BCUT2D eigenvalue weighted by atomic mass is 32.2. The lowest BCUT2D eigenvalue weighted by atomic mass is 10.1. The van der Waals surface area contributed by atoms with Crippen LogP contribution in [0.4, 0.5) is 11.6 Å². The highest BCUT2D eigenvalue weighted by Gasteiger charge is 2.22. The second-order valence-electron chi connectivity index (χ2n) is 7.39. The van der Waals surface area contributed by atoms with Crippen molar-refractivity contribution in [3.05, 3.63) is 83.4 Å². The van der Waals surface area contributed by atoms with Gasteiger partial charge in [-0.15, -0.1) is 0 Å². The van der Waals surface area contributed by atoms with Crippen LogP contribution in [0.1, 0.15) is 27.5 Å². The van der Waals surface area contributed by atoms with Gasteiger partial charge in [-0.25, -0.2) is 23.1 Å². The number of rotatable bonds is 6. The predicted octanol–water partition coefficient (Wildman–Crippen LogP) is 4.11. The molecule has 0 unspecified atom stereocenters. The van der Waals surface area contributed by atoms with Crippen molar-refractivity contribution in [1.29, 1.82) is 0 Å². The van der Waals surface area contributed by atoms with Gasteiger partial charge in [0.05, 0.1) is 4.90 Å². The minimum atomic E-state index is -3.90. The number of nitrogens with zero attached hydrogens (tertiary/aromatic N) is 3. The van der Waals surface area contributed by atoms with E-state index in [1.807, 2.05) is 30.3 Å². The third-order valence-corrected chi connectivity index (χ3v) is 6.11. The van der Waals surface area contributed by atoms with Crippen LogP contribution in [-0.4, -0.2) is 29.4 Å². The molecule has 2 aromatic heterocycles. The van der Waals surface area contributed by atoms with Crippen molar-refractivity contribution >= 4 is 27.6 Å². The SMILES string of the molecule is Cc1cc(C)nc(NS(=O)(=O)c2ccc(NC(=O)c3c(-c4ccccc4)noc3C)cc2)n1. The molecular weight excluding hydrogens is 442 g/mol. The van der Waals surface area contributed by atoms with E-state index in [0.29, 0.717) is 34.1 Å². The van der Waals surface area contributed by atoms with Crippen molar-refractivity contribution in [2.24, 2.45) is 0 Å². The Hall–Kier alpha value is -4.05. The van der Waals surface area contributed by atoms with E-state index in [1.54, 1.807) is 26.8 Å². The number of nitrogens with one attached hydrogen (secondary N) is 2. The summed E-state index contributed by atoms with van der Waals surface area (Å²) in [5.74, 6) is -0.0329. The van der Waals surface area contributed by atoms with Gasteiger partial charge in [0, 0.05) is 22.6 Å². The van der Waals surface area contributed by atoms with Gasteiger partial charge >= 0.3 is 0 Å². The molecule has 4 aromatic rings. The lowest BCUT2D eigenvalue weighted by Gasteiger charge is -2.09. The van der Waals surface area contributed by atoms with E-state index >= 15 is 0 Å². The Balaban J connectivity index is 1.53. The number of carbonyl (C=O) groups excluding carboxylic acids is 1. The van der Waals surface area contributed by atoms with Gasteiger partial charge in [-0.1, -0.05) is 35.5 Å². The minimum Gasteiger partial charge on any atom is -0.360 e. The molecule has 0 saturated heterocycles. The first kappa shape index (κ1) is 22.2. The van der Waals surface area contributed by atoms with Crippen molar-refractivity contribution in [2.45, 2.75) is 25.7 Å². The first-order valence-electron chi connectivity index (χ1n) is 10.0. The van der Waals surface area contributed by atoms with Crippen LogP contribution in [0.5, 0.6) is 0 Å². The van der Waals surface area contributed by atoms with Gasteiger partial charge in [0.15, 0.2) is 0 Å². The summed E-state index contributed by atoms with van der Waals surface area (Å²) in [5.41, 5.74) is 3.21. The number of hydrogen-bond donors (Lipinski definition) is 2. The Morgan fingerprint density at radius 2 is 1.55 bits per heavy atom. The first-order valence-corrected chi connectivity index (χ1v) is 11.5. The van der Waals surface area contributed by atoms with Crippen LogP contribution < -0.4 is 10.0 Å². The van der Waals surface area contributed by atoms with E-state index in [4.69, 9.17) is 4.52 Å². The third kappa shape index (κ3) is 4.90. The zero-order chi connectivity index (χ0) is 23.6. The van der Waals surface area contributed by atoms with Crippen LogP contribution in [0.3, 0.4) is 0 Å². The lowest BCUT2D eigenvalue weighted by molar-refractivity contribution is 0.102. The fourth-order valence-electron chi connectivity index (χ4n) is 3.29. The molecule has 0 bridgehead atoms. The summed E-state index contributed by atoms with van der Waals surface area (Å²) < 4.78 is 33.0. The average Bonchev–Trinajstić information content (AvgIpc) is 3.15. The van der Waals surface area contributed by atoms with Gasteiger partial charge in [0.2, 0.25) is 5.95 Å². The molecule has 9 nitrogen and oxygen atoms in total. The number of carbonyl (C=O) groups is 1. The Labute approximate surface area is 190 Å². The number of aromatic nitrogens is 3. The zero-order valence-electron chi connectivity index (χ0n) is 18.2. The van der Waals surface area contributed by atoms with E-state index in [2.05, 4.69) is 25.2 Å². The molecule has 2 aromatic carbocycles. The molecule has 0 atom stereocenters. The van der Waals surface area contributed by atoms with Crippen molar-refractivity contribution in [1.82, 2.24) is 15.1 Å². The smallest absolute Gasteiger partial charge is 0.264 e. The van der Waals surface area contributed by atoms with E-state index in [1.165, 1.54) is 24.3 Å². The molecule has 0 aliphatic rings. The molecule has 168 valence electrons. The maximum atomic E-state index is 12.9. The molecule has 0 aliphatic heterocycles. The standard InChI is InChI=1S/C23H21N5O4S/c1-14-13-15(2)25-23(24-14)28-33(30,31)19-11-9-18(10-12-19)26-22(29)20-16(3)32-27-21(20)17-7-5-4-6-8-17/h4-13H,1-3H3,(H,26,29)(H,24,25,28). The third-order valence-electron chi connectivity index (χ3n) is 4.77. The van der Waals surface area contributed by atoms with Crippen LogP contribution >= 0.6 is 0 Å². The van der Waals surface area contributed by atoms with Crippen LogP contribution in [0.15, 0.2) is 70.1 Å². The van der Waals surface area contributed by atoms with Crippen LogP contribution in [0.25, 0.3) is 11.3 Å². The predicted molar refractivity (Wildman–Crippen MR) is 123 cm³/mol. The molecule has 0 radical (unpaired) electrons. The highest BCUT2D eigenvalue weighted by molar-refractivity contribution is 7.92. The van der Waals surface area contributed by atoms with E-state index in [9.17, 15) is 13.2 Å². The van der Waals surface area contributed by atoms with E-state index < -0.39 is 15.9 Å². The molecule has 0 aliphatic carbocycles. The topological polar surface area (TPSA) is 127 Å². The van der Waals surface area contributed by atoms with E-state index in [0.717, 1.165) is 5.56 Å². The maximum absolute atomic E-state index is 12.9. The number of sulfonamides is 1. The summed E-state index contributed by atoms with van der Waals surface area (Å²) in [7, 11) is -3.90. The molecular formula is C23H21N5O4S. The van der Waals surface area contributed by atoms with Gasteiger partial charge in [-0.05, 0) is 51.1 Å². The van der Waals surface area contributed by atoms with Gasteiger partial charge < -0.3 is 9.84 Å². The van der Waals surface area contributed by atoms with Crippen molar-refractivity contribution in [3.63, 3.8) is 0 Å². The van der Waals surface area contributed by atoms with Crippen molar-refractivity contribution < 1.29 is 17.7 Å². The summed E-state index contributed by atoms with van der Waals surface area (Å²) in [6.45, 7) is 5.17. The van der Waals surface area contributed by atoms with Gasteiger partial charge in [-0.2, -0.15) is 0 Å². The maximum Gasteiger partial charge on any atom is 0.264 e. The fraction of sp³-hybridized carbons (Fsp3) is 0.130. The largest absolute Gasteiger partial charge is 0.360 e. The van der Waals surface area contributed by atoms with Gasteiger partial charge in [0.1, 0.15) is 17.0 Å². The Kier molecular flexibility index (Phi) is 5.93. The molecule has 4 rings (SSSR count). The number of anilines is 2. The van der Waals surface area contributed by atoms with Crippen molar-refractivity contribution in [3.8, 4) is 11.3 Å². The van der Waals surface area contributed by atoms with Crippen LogP contribution in [-0.2, 0) is 10.0 Å². The van der Waals surface area contributed by atoms with Crippen LogP contribution in [0, 0.1) is 20.8 Å². The Morgan fingerprint density at radius 1 is 0.909 bits per heavy atom. The average molecular weight is 464 g/mol. The van der Waals surface area contributed by atoms with Crippen LogP contribution in [0.2, 0.25) is 0 Å². The molecule has 2 N–H and O–H groups in total. The second kappa shape index (κ2) is 8.83. The monoisotopic (exact) mass is 463 g/mol. The van der Waals surface area contributed by atoms with E-state index in [-0.39, 0.29) is 10.8 Å². The summed E-state index contributed by atoms with van der Waals surface area (Å²) in [5, 5.41) is 6.77. The molecule has 0 spiro atoms. The Morgan fingerprint density at radius 3 is 2.18 bits per heavy atom. The fourth-order valence-corrected chi connectivity index (χ4v) is 4.24. The zero-order valence-corrected chi connectivity index (χ0v) is 19.0. The number of hydrogen-bond acceptors (Lipinski definition) is 7. The summed E-state index contributed by atoms with van der Waals surface area (Å²) in [6, 6.07) is 16.7. The normalized spacial score (nSPS) is 11.2. The summed E-state index contributed by atoms with van der Waals surface area (Å²) in [4.78, 5) is 21.1. The van der Waals surface area contributed by atoms with Gasteiger partial charge in [-0.3, -0.25) is 4.79 Å². The van der Waals surface area contributed by atoms with Crippen molar-refractivity contribution in [2.75, 3.05) is 10.0 Å². The number of aryl methyl sites for hydroxylation is 3. The first-order chi connectivity index (χ1) is 15.7. The molecule has 2 heterocycles. The second-order valence-corrected chi connectivity index (χ2v) is 9.07. The quantitative estimate of drug-likeness (QED) is 0.440. The summed E-state index contributed by atoms with van der Waals surface area (Å²) in [6.07, 6.45) is 0. The molecule has 0 saturated carbocycles. The summed E-state index contributed by atoms with van der Waals surface area (Å²) >= 11 is 0. The number of benzene rings is 2. The minimum absolute atomic E-state index is 0.00116.